The van der Waals surface area contributed by atoms with Gasteiger partial charge in [-0.3, -0.25) is 0 Å². The van der Waals surface area contributed by atoms with Gasteiger partial charge in [0.15, 0.2) is 0 Å². The van der Waals surface area contributed by atoms with E-state index in [0.717, 1.165) is 12.8 Å². The van der Waals surface area contributed by atoms with Gasteiger partial charge in [0.1, 0.15) is 0 Å². The molecule has 2 aliphatic rings. The maximum absolute atomic E-state index is 7.64. The Bertz CT molecular complexity index is 1140. The quantitative estimate of drug-likeness (QED) is 0.317. The molecule has 0 amide bonds. The summed E-state index contributed by atoms with van der Waals surface area (Å²) in [7, 11) is 0. The van der Waals surface area contributed by atoms with Crippen LogP contribution in [0.15, 0.2) is 35.4 Å². The van der Waals surface area contributed by atoms with Gasteiger partial charge < -0.3 is 0 Å². The molecule has 0 saturated heterocycles. The summed E-state index contributed by atoms with van der Waals surface area (Å²) in [6.07, 6.45) is 6.28. The highest BCUT2D eigenvalue weighted by Crippen LogP contribution is 2.56. The second-order valence-electron chi connectivity index (χ2n) is 12.5. The van der Waals surface area contributed by atoms with Gasteiger partial charge in [0.2, 0.25) is 0 Å². The first-order valence-corrected chi connectivity index (χ1v) is 14.6. The van der Waals surface area contributed by atoms with Gasteiger partial charge in [-0.2, -0.15) is 0 Å². The van der Waals surface area contributed by atoms with Crippen molar-refractivity contribution in [2.24, 2.45) is 0 Å². The second kappa shape index (κ2) is 9.67. The first-order chi connectivity index (χ1) is 16.7. The molecule has 2 aliphatic carbocycles. The van der Waals surface area contributed by atoms with Crippen molar-refractivity contribution >= 4 is 35.4 Å². The number of allylic oxidation sites excluding steroid dienone is 2. The van der Waals surface area contributed by atoms with Crippen molar-refractivity contribution < 1.29 is 0 Å². The van der Waals surface area contributed by atoms with Crippen LogP contribution >= 0.6 is 23.2 Å². The average Bonchev–Trinajstić information content (AvgIpc) is 3.21. The smallest absolute Gasteiger partial charge is 0.0911 e. The zero-order valence-electron chi connectivity index (χ0n) is 23.9. The average molecular weight is 524 g/mol. The standard InChI is InChI=1S/C34H44Cl2/c1-19(2)25-15-27(21(5)6)29-13-23(9)33(35,31(29)17-25)11-12-34(36)24(10)14-30-28(22(7)8)16-26(20(3)4)18-32(30)34/h13-22H,11-12H2,1-10H3. The van der Waals surface area contributed by atoms with Crippen LogP contribution in [-0.2, 0) is 9.75 Å². The van der Waals surface area contributed by atoms with Crippen LogP contribution in [0.4, 0.5) is 0 Å². The number of rotatable bonds is 7. The van der Waals surface area contributed by atoms with Crippen molar-refractivity contribution in [2.75, 3.05) is 0 Å². The Hall–Kier alpha value is -1.50. The summed E-state index contributed by atoms with van der Waals surface area (Å²) < 4.78 is 0. The molecule has 0 spiro atoms. The highest BCUT2D eigenvalue weighted by Gasteiger charge is 2.45. The van der Waals surface area contributed by atoms with E-state index in [2.05, 4.69) is 106 Å². The summed E-state index contributed by atoms with van der Waals surface area (Å²) in [5.74, 6) is 1.83. The van der Waals surface area contributed by atoms with Crippen LogP contribution in [0.1, 0.15) is 150 Å². The van der Waals surface area contributed by atoms with E-state index >= 15 is 0 Å². The Labute approximate surface area is 230 Å². The molecule has 2 heteroatoms. The highest BCUT2D eigenvalue weighted by atomic mass is 35.5. The Kier molecular flexibility index (Phi) is 7.39. The minimum atomic E-state index is -0.522. The van der Waals surface area contributed by atoms with E-state index in [1.807, 2.05) is 0 Å². The molecule has 0 radical (unpaired) electrons. The molecular formula is C34H44Cl2. The van der Waals surface area contributed by atoms with Crippen molar-refractivity contribution in [1.29, 1.82) is 0 Å². The Morgan fingerprint density at radius 1 is 0.556 bits per heavy atom. The minimum Gasteiger partial charge on any atom is -0.109 e. The van der Waals surface area contributed by atoms with Crippen molar-refractivity contribution in [3.05, 3.63) is 79.9 Å². The molecule has 4 rings (SSSR count). The fourth-order valence-electron chi connectivity index (χ4n) is 6.09. The summed E-state index contributed by atoms with van der Waals surface area (Å²) in [4.78, 5) is -1.04. The third-order valence-corrected chi connectivity index (χ3v) is 10.1. The van der Waals surface area contributed by atoms with Crippen LogP contribution in [0.5, 0.6) is 0 Å². The van der Waals surface area contributed by atoms with E-state index in [9.17, 15) is 0 Å². The Balaban J connectivity index is 1.78. The number of hydrogen-bond donors (Lipinski definition) is 0. The molecule has 0 heterocycles. The summed E-state index contributed by atoms with van der Waals surface area (Å²) in [5, 5.41) is 0. The summed E-state index contributed by atoms with van der Waals surface area (Å²) in [6, 6.07) is 9.52. The Morgan fingerprint density at radius 2 is 0.889 bits per heavy atom. The molecule has 0 N–H and O–H groups in total. The highest BCUT2D eigenvalue weighted by molar-refractivity contribution is 6.29. The zero-order chi connectivity index (χ0) is 26.7. The zero-order valence-corrected chi connectivity index (χ0v) is 25.5. The lowest BCUT2D eigenvalue weighted by atomic mass is 9.80. The lowest BCUT2D eigenvalue weighted by molar-refractivity contribution is 0.535. The molecule has 0 aromatic heterocycles. The molecule has 2 aromatic carbocycles. The topological polar surface area (TPSA) is 0 Å². The number of benzene rings is 2. The number of alkyl halides is 2. The first-order valence-electron chi connectivity index (χ1n) is 13.8. The first kappa shape index (κ1) is 27.5. The lowest BCUT2D eigenvalue weighted by Crippen LogP contribution is -2.25. The van der Waals surface area contributed by atoms with Crippen molar-refractivity contribution in [3.8, 4) is 0 Å². The molecule has 2 aromatic rings. The molecule has 0 bridgehead atoms. The normalized spacial score (nSPS) is 23.1. The molecule has 2 unspecified atom stereocenters. The molecule has 36 heavy (non-hydrogen) atoms. The van der Waals surface area contributed by atoms with Gasteiger partial charge >= 0.3 is 0 Å². The fraction of sp³-hybridized carbons (Fsp3) is 0.529. The van der Waals surface area contributed by atoms with Crippen LogP contribution in [0, 0.1) is 0 Å². The Morgan fingerprint density at radius 3 is 1.17 bits per heavy atom. The SMILES string of the molecule is CC1=Cc2c(C(C)C)cc(C(C)C)cc2C1(Cl)CCC1(Cl)C(C)=Cc2c(C(C)C)cc(C(C)C)cc21. The van der Waals surface area contributed by atoms with Gasteiger partial charge in [-0.25, -0.2) is 0 Å². The minimum absolute atomic E-state index is 0.454. The van der Waals surface area contributed by atoms with E-state index in [4.69, 9.17) is 23.2 Å². The third-order valence-electron chi connectivity index (χ3n) is 8.69. The van der Waals surface area contributed by atoms with Crippen LogP contribution in [0.3, 0.4) is 0 Å². The van der Waals surface area contributed by atoms with E-state index in [-0.39, 0.29) is 0 Å². The van der Waals surface area contributed by atoms with E-state index in [1.54, 1.807) is 0 Å². The monoisotopic (exact) mass is 522 g/mol. The summed E-state index contributed by atoms with van der Waals surface area (Å²) in [5.41, 5.74) is 13.2. The van der Waals surface area contributed by atoms with Crippen molar-refractivity contribution in [2.45, 2.75) is 115 Å². The summed E-state index contributed by atoms with van der Waals surface area (Å²) in [6.45, 7) is 22.6. The van der Waals surface area contributed by atoms with Crippen LogP contribution in [0.2, 0.25) is 0 Å². The van der Waals surface area contributed by atoms with Gasteiger partial charge in [-0.15, -0.1) is 23.2 Å². The number of hydrogen-bond acceptors (Lipinski definition) is 0. The maximum Gasteiger partial charge on any atom is 0.0911 e. The number of halogens is 2. The third kappa shape index (κ3) is 4.41. The van der Waals surface area contributed by atoms with Crippen LogP contribution < -0.4 is 0 Å². The van der Waals surface area contributed by atoms with E-state index in [0.29, 0.717) is 23.7 Å². The molecular weight excluding hydrogens is 479 g/mol. The molecule has 194 valence electrons. The maximum atomic E-state index is 7.64. The van der Waals surface area contributed by atoms with Gasteiger partial charge in [0.25, 0.3) is 0 Å². The second-order valence-corrected chi connectivity index (χ2v) is 13.8. The fourth-order valence-corrected chi connectivity index (χ4v) is 6.70. The molecule has 0 fully saturated rings. The predicted molar refractivity (Wildman–Crippen MR) is 161 cm³/mol. The molecule has 2 atom stereocenters. The largest absolute Gasteiger partial charge is 0.109 e. The van der Waals surface area contributed by atoms with Gasteiger partial charge in [0.05, 0.1) is 9.75 Å². The van der Waals surface area contributed by atoms with E-state index in [1.165, 1.54) is 55.7 Å². The molecule has 0 aliphatic heterocycles. The van der Waals surface area contributed by atoms with Crippen molar-refractivity contribution in [1.82, 2.24) is 0 Å². The predicted octanol–water partition coefficient (Wildman–Crippen LogP) is 11.4. The summed E-state index contributed by atoms with van der Waals surface area (Å²) >= 11 is 15.3. The van der Waals surface area contributed by atoms with Crippen LogP contribution in [0.25, 0.3) is 12.2 Å². The van der Waals surface area contributed by atoms with Crippen LogP contribution in [-0.4, -0.2) is 0 Å². The molecule has 0 nitrogen and oxygen atoms in total. The van der Waals surface area contributed by atoms with Gasteiger partial charge in [-0.05, 0) is 106 Å². The van der Waals surface area contributed by atoms with Crippen molar-refractivity contribution in [3.63, 3.8) is 0 Å². The van der Waals surface area contributed by atoms with Gasteiger partial charge in [0, 0.05) is 0 Å². The molecule has 0 saturated carbocycles. The number of fused-ring (bicyclic) bond motifs is 2. The van der Waals surface area contributed by atoms with E-state index < -0.39 is 9.75 Å². The van der Waals surface area contributed by atoms with Gasteiger partial charge in [-0.1, -0.05) is 91.8 Å². The lowest BCUT2D eigenvalue weighted by Gasteiger charge is -2.33.